The molecule has 2 aromatic rings. The lowest BCUT2D eigenvalue weighted by molar-refractivity contribution is -0.113. The molecule has 0 fully saturated rings. The van der Waals surface area contributed by atoms with Gasteiger partial charge >= 0.3 is 0 Å². The third-order valence-electron chi connectivity index (χ3n) is 2.40. The molecule has 0 radical (unpaired) electrons. The van der Waals surface area contributed by atoms with Gasteiger partial charge in [0.05, 0.1) is 18.2 Å². The normalized spacial score (nSPS) is 9.75. The summed E-state index contributed by atoms with van der Waals surface area (Å²) in [5.41, 5.74) is 1.64. The molecule has 1 N–H and O–H groups in total. The predicted molar refractivity (Wildman–Crippen MR) is 77.1 cm³/mol. The van der Waals surface area contributed by atoms with Crippen LogP contribution in [-0.2, 0) is 11.2 Å². The van der Waals surface area contributed by atoms with Crippen LogP contribution in [0.1, 0.15) is 5.56 Å². The molecular formula is C14H12N4OS. The Morgan fingerprint density at radius 2 is 1.95 bits per heavy atom. The van der Waals surface area contributed by atoms with Gasteiger partial charge in [0.2, 0.25) is 5.91 Å². The average molecular weight is 284 g/mol. The van der Waals surface area contributed by atoms with Crippen molar-refractivity contribution >= 4 is 23.4 Å². The lowest BCUT2D eigenvalue weighted by Gasteiger charge is -2.05. The summed E-state index contributed by atoms with van der Waals surface area (Å²) in [7, 11) is 0. The smallest absolute Gasteiger partial charge is 0.234 e. The molecule has 1 amide bonds. The Morgan fingerprint density at radius 3 is 2.60 bits per heavy atom. The molecular weight excluding hydrogens is 272 g/mol. The molecule has 5 nitrogen and oxygen atoms in total. The highest BCUT2D eigenvalue weighted by molar-refractivity contribution is 7.99. The van der Waals surface area contributed by atoms with Gasteiger partial charge in [-0.2, -0.15) is 5.26 Å². The van der Waals surface area contributed by atoms with E-state index in [-0.39, 0.29) is 11.7 Å². The summed E-state index contributed by atoms with van der Waals surface area (Å²) in [6.45, 7) is 0. The lowest BCUT2D eigenvalue weighted by Crippen LogP contribution is -2.14. The number of nitriles is 1. The van der Waals surface area contributed by atoms with Gasteiger partial charge in [0.1, 0.15) is 0 Å². The van der Waals surface area contributed by atoms with Gasteiger partial charge in [-0.05, 0) is 23.8 Å². The van der Waals surface area contributed by atoms with Crippen LogP contribution in [0.4, 0.5) is 5.69 Å². The van der Waals surface area contributed by atoms with Crippen LogP contribution in [-0.4, -0.2) is 21.6 Å². The minimum atomic E-state index is -0.115. The van der Waals surface area contributed by atoms with Gasteiger partial charge in [0.15, 0.2) is 5.16 Å². The Balaban J connectivity index is 1.84. The van der Waals surface area contributed by atoms with Crippen LogP contribution in [0, 0.1) is 11.3 Å². The van der Waals surface area contributed by atoms with E-state index < -0.39 is 0 Å². The van der Waals surface area contributed by atoms with Crippen LogP contribution in [0.3, 0.4) is 0 Å². The number of hydrogen-bond donors (Lipinski definition) is 1. The second-order valence-corrected chi connectivity index (χ2v) is 4.84. The highest BCUT2D eigenvalue weighted by Crippen LogP contribution is 2.13. The van der Waals surface area contributed by atoms with Gasteiger partial charge in [-0.1, -0.05) is 23.9 Å². The number of nitrogens with one attached hydrogen (secondary N) is 1. The monoisotopic (exact) mass is 284 g/mol. The quantitative estimate of drug-likeness (QED) is 0.673. The zero-order valence-corrected chi connectivity index (χ0v) is 11.4. The van der Waals surface area contributed by atoms with Crippen LogP contribution in [0.15, 0.2) is 47.9 Å². The van der Waals surface area contributed by atoms with E-state index in [9.17, 15) is 4.79 Å². The van der Waals surface area contributed by atoms with Crippen molar-refractivity contribution in [1.29, 1.82) is 5.26 Å². The molecule has 1 heterocycles. The fraction of sp³-hybridized carbons (Fsp3) is 0.143. The standard InChI is InChI=1S/C14H12N4OS/c15-7-6-11-2-4-12(5-3-11)18-13(19)10-20-14-16-8-1-9-17-14/h1-5,8-9H,6,10H2,(H,18,19). The molecule has 0 bridgehead atoms. The second kappa shape index (κ2) is 7.26. The Morgan fingerprint density at radius 1 is 1.25 bits per heavy atom. The van der Waals surface area contributed by atoms with Crippen molar-refractivity contribution in [1.82, 2.24) is 9.97 Å². The molecule has 1 aromatic carbocycles. The average Bonchev–Trinajstić information content (AvgIpc) is 2.49. The zero-order valence-electron chi connectivity index (χ0n) is 10.6. The number of amides is 1. The number of aromatic nitrogens is 2. The van der Waals surface area contributed by atoms with E-state index in [1.165, 1.54) is 11.8 Å². The van der Waals surface area contributed by atoms with Crippen LogP contribution in [0.5, 0.6) is 0 Å². The number of hydrogen-bond acceptors (Lipinski definition) is 5. The highest BCUT2D eigenvalue weighted by Gasteiger charge is 2.05. The van der Waals surface area contributed by atoms with Crippen LogP contribution >= 0.6 is 11.8 Å². The van der Waals surface area contributed by atoms with E-state index >= 15 is 0 Å². The largest absolute Gasteiger partial charge is 0.325 e. The molecule has 0 spiro atoms. The van der Waals surface area contributed by atoms with E-state index in [4.69, 9.17) is 5.26 Å². The van der Waals surface area contributed by atoms with Gasteiger partial charge in [-0.15, -0.1) is 0 Å². The predicted octanol–water partition coefficient (Wildman–Crippen LogP) is 2.27. The topological polar surface area (TPSA) is 78.7 Å². The third kappa shape index (κ3) is 4.37. The maximum Gasteiger partial charge on any atom is 0.234 e. The van der Waals surface area contributed by atoms with Crippen molar-refractivity contribution in [3.8, 4) is 6.07 Å². The molecule has 1 aromatic heterocycles. The maximum absolute atomic E-state index is 11.8. The van der Waals surface area contributed by atoms with Crippen LogP contribution in [0.2, 0.25) is 0 Å². The number of carbonyl (C=O) groups is 1. The molecule has 0 saturated carbocycles. The minimum absolute atomic E-state index is 0.115. The third-order valence-corrected chi connectivity index (χ3v) is 3.27. The summed E-state index contributed by atoms with van der Waals surface area (Å²) in [4.78, 5) is 19.8. The molecule has 0 aliphatic heterocycles. The van der Waals surface area contributed by atoms with E-state index in [0.29, 0.717) is 17.3 Å². The van der Waals surface area contributed by atoms with E-state index in [1.54, 1.807) is 30.6 Å². The van der Waals surface area contributed by atoms with Crippen LogP contribution in [0.25, 0.3) is 0 Å². The zero-order chi connectivity index (χ0) is 14.2. The Hall–Kier alpha value is -2.39. The first-order chi connectivity index (χ1) is 9.78. The second-order valence-electron chi connectivity index (χ2n) is 3.90. The molecule has 20 heavy (non-hydrogen) atoms. The maximum atomic E-state index is 11.8. The number of anilines is 1. The van der Waals surface area contributed by atoms with Gasteiger partial charge in [0.25, 0.3) is 0 Å². The summed E-state index contributed by atoms with van der Waals surface area (Å²) in [6, 6.07) is 11.0. The van der Waals surface area contributed by atoms with Gasteiger partial charge < -0.3 is 5.32 Å². The molecule has 0 unspecified atom stereocenters. The molecule has 0 atom stereocenters. The molecule has 0 saturated heterocycles. The van der Waals surface area contributed by atoms with Crippen LogP contribution < -0.4 is 5.32 Å². The lowest BCUT2D eigenvalue weighted by atomic mass is 10.1. The van der Waals surface area contributed by atoms with E-state index in [2.05, 4.69) is 21.4 Å². The van der Waals surface area contributed by atoms with Gasteiger partial charge in [-0.25, -0.2) is 9.97 Å². The first kappa shape index (κ1) is 14.0. The van der Waals surface area contributed by atoms with Crippen molar-refractivity contribution in [2.75, 3.05) is 11.1 Å². The molecule has 2 rings (SSSR count). The first-order valence-electron chi connectivity index (χ1n) is 5.93. The molecule has 0 aliphatic carbocycles. The summed E-state index contributed by atoms with van der Waals surface area (Å²) in [5, 5.41) is 11.9. The van der Waals surface area contributed by atoms with Crippen molar-refractivity contribution in [2.45, 2.75) is 11.6 Å². The summed E-state index contributed by atoms with van der Waals surface area (Å²) in [6.07, 6.45) is 3.65. The molecule has 0 aliphatic rings. The van der Waals surface area contributed by atoms with Gasteiger partial charge in [-0.3, -0.25) is 4.79 Å². The summed E-state index contributed by atoms with van der Waals surface area (Å²) < 4.78 is 0. The van der Waals surface area contributed by atoms with Crippen molar-refractivity contribution in [3.63, 3.8) is 0 Å². The fourth-order valence-corrected chi connectivity index (χ4v) is 2.09. The number of carbonyl (C=O) groups excluding carboxylic acids is 1. The Kier molecular flexibility index (Phi) is 5.09. The highest BCUT2D eigenvalue weighted by atomic mass is 32.2. The molecule has 100 valence electrons. The SMILES string of the molecule is N#CCc1ccc(NC(=O)CSc2ncccn2)cc1. The Labute approximate surface area is 121 Å². The number of rotatable bonds is 5. The molecule has 6 heteroatoms. The van der Waals surface area contributed by atoms with E-state index in [1.807, 2.05) is 12.1 Å². The van der Waals surface area contributed by atoms with Crippen molar-refractivity contribution < 1.29 is 4.79 Å². The van der Waals surface area contributed by atoms with Gasteiger partial charge in [0, 0.05) is 18.1 Å². The summed E-state index contributed by atoms with van der Waals surface area (Å²) >= 11 is 1.28. The van der Waals surface area contributed by atoms with E-state index in [0.717, 1.165) is 5.56 Å². The Bertz CT molecular complexity index is 607. The number of thioether (sulfide) groups is 1. The number of benzene rings is 1. The first-order valence-corrected chi connectivity index (χ1v) is 6.92. The summed E-state index contributed by atoms with van der Waals surface area (Å²) in [5.74, 6) is 0.139. The van der Waals surface area contributed by atoms with Crippen molar-refractivity contribution in [3.05, 3.63) is 48.3 Å². The van der Waals surface area contributed by atoms with Crippen molar-refractivity contribution in [2.24, 2.45) is 0 Å². The minimum Gasteiger partial charge on any atom is -0.325 e. The fourth-order valence-electron chi connectivity index (χ4n) is 1.48. The number of nitrogens with zero attached hydrogens (tertiary/aromatic N) is 3.